The number of carbonyl (C=O) groups excluding carboxylic acids is 2. The molecule has 0 radical (unpaired) electrons. The van der Waals surface area contributed by atoms with Crippen LogP contribution in [-0.2, 0) is 15.0 Å². The second kappa shape index (κ2) is 11.4. The SMILES string of the molecule is O=C(CC1(COc2ccc(F)cc2)CCN(C(=O)C2(c3cccc(F)c3)CCCC2)CC1)N1CCCCC1. The van der Waals surface area contributed by atoms with Crippen molar-refractivity contribution >= 4 is 11.8 Å². The van der Waals surface area contributed by atoms with E-state index in [2.05, 4.69) is 0 Å². The normalized spacial score (nSPS) is 20.8. The third-order valence-corrected chi connectivity index (χ3v) is 8.95. The van der Waals surface area contributed by atoms with E-state index in [4.69, 9.17) is 4.74 Å². The molecule has 204 valence electrons. The van der Waals surface area contributed by atoms with Crippen LogP contribution >= 0.6 is 0 Å². The smallest absolute Gasteiger partial charge is 0.233 e. The largest absolute Gasteiger partial charge is 0.493 e. The van der Waals surface area contributed by atoms with Gasteiger partial charge in [0, 0.05) is 38.0 Å². The quantitative estimate of drug-likeness (QED) is 0.455. The van der Waals surface area contributed by atoms with Crippen LogP contribution in [0.15, 0.2) is 48.5 Å². The van der Waals surface area contributed by atoms with Crippen LogP contribution in [0.2, 0.25) is 0 Å². The molecule has 1 saturated carbocycles. The van der Waals surface area contributed by atoms with Crippen molar-refractivity contribution in [2.75, 3.05) is 32.8 Å². The Kier molecular flexibility index (Phi) is 8.01. The maximum absolute atomic E-state index is 14.1. The van der Waals surface area contributed by atoms with E-state index in [1.165, 1.54) is 24.3 Å². The van der Waals surface area contributed by atoms with Crippen LogP contribution in [0.3, 0.4) is 0 Å². The van der Waals surface area contributed by atoms with E-state index >= 15 is 0 Å². The van der Waals surface area contributed by atoms with Gasteiger partial charge in [0.2, 0.25) is 11.8 Å². The minimum Gasteiger partial charge on any atom is -0.493 e. The molecule has 0 N–H and O–H groups in total. The first-order valence-corrected chi connectivity index (χ1v) is 14.1. The molecule has 3 fully saturated rings. The molecule has 2 aliphatic heterocycles. The summed E-state index contributed by atoms with van der Waals surface area (Å²) in [5.41, 5.74) is -0.297. The standard InChI is InChI=1S/C31H38F2N2O3/c32-25-9-11-27(12-10-25)38-23-30(22-28(36)34-17-4-1-5-18-34)15-19-35(20-16-30)29(37)31(13-2-3-14-31)24-7-6-8-26(33)21-24/h6-12,21H,1-5,13-20,22-23H2. The summed E-state index contributed by atoms with van der Waals surface area (Å²) in [7, 11) is 0. The van der Waals surface area contributed by atoms with Crippen LogP contribution in [0.1, 0.15) is 69.8 Å². The number of benzene rings is 2. The molecule has 7 heteroatoms. The first-order chi connectivity index (χ1) is 18.4. The average Bonchev–Trinajstić information content (AvgIpc) is 3.45. The summed E-state index contributed by atoms with van der Waals surface area (Å²) in [6, 6.07) is 12.5. The summed E-state index contributed by atoms with van der Waals surface area (Å²) >= 11 is 0. The summed E-state index contributed by atoms with van der Waals surface area (Å²) in [5.74, 6) is 0.174. The van der Waals surface area contributed by atoms with E-state index in [-0.39, 0.29) is 23.4 Å². The molecule has 2 aromatic rings. The predicted molar refractivity (Wildman–Crippen MR) is 142 cm³/mol. The Bertz CT molecular complexity index is 1120. The van der Waals surface area contributed by atoms with Crippen molar-refractivity contribution in [3.8, 4) is 5.75 Å². The van der Waals surface area contributed by atoms with Gasteiger partial charge in [0.1, 0.15) is 17.4 Å². The molecule has 0 spiro atoms. The summed E-state index contributed by atoms with van der Waals surface area (Å²) in [6.45, 7) is 3.02. The van der Waals surface area contributed by atoms with Crippen molar-refractivity contribution in [1.29, 1.82) is 0 Å². The zero-order valence-electron chi connectivity index (χ0n) is 22.1. The summed E-state index contributed by atoms with van der Waals surface area (Å²) in [4.78, 5) is 31.2. The van der Waals surface area contributed by atoms with E-state index in [0.29, 0.717) is 44.7 Å². The van der Waals surface area contributed by atoms with Gasteiger partial charge in [0.25, 0.3) is 0 Å². The molecule has 0 atom stereocenters. The molecule has 2 saturated heterocycles. The molecular weight excluding hydrogens is 486 g/mol. The Morgan fingerprint density at radius 2 is 1.45 bits per heavy atom. The number of nitrogens with zero attached hydrogens (tertiary/aromatic N) is 2. The molecule has 2 aromatic carbocycles. The maximum Gasteiger partial charge on any atom is 0.233 e. The van der Waals surface area contributed by atoms with E-state index in [9.17, 15) is 18.4 Å². The third-order valence-electron chi connectivity index (χ3n) is 8.95. The number of rotatable bonds is 7. The van der Waals surface area contributed by atoms with E-state index < -0.39 is 10.8 Å². The van der Waals surface area contributed by atoms with Crippen molar-refractivity contribution in [2.24, 2.45) is 5.41 Å². The molecule has 0 bridgehead atoms. The monoisotopic (exact) mass is 524 g/mol. The van der Waals surface area contributed by atoms with Crippen LogP contribution in [-0.4, -0.2) is 54.4 Å². The van der Waals surface area contributed by atoms with Gasteiger partial charge in [-0.25, -0.2) is 8.78 Å². The number of hydrogen-bond donors (Lipinski definition) is 0. The second-order valence-electron chi connectivity index (χ2n) is 11.5. The minimum absolute atomic E-state index is 0.0796. The predicted octanol–water partition coefficient (Wildman–Crippen LogP) is 5.87. The maximum atomic E-state index is 14.1. The van der Waals surface area contributed by atoms with Crippen LogP contribution < -0.4 is 4.74 Å². The van der Waals surface area contributed by atoms with Crippen molar-refractivity contribution in [2.45, 2.75) is 69.6 Å². The highest BCUT2D eigenvalue weighted by Gasteiger charge is 2.47. The fourth-order valence-electron chi connectivity index (χ4n) is 6.59. The van der Waals surface area contributed by atoms with Crippen LogP contribution in [0.4, 0.5) is 8.78 Å². The number of halogens is 2. The second-order valence-corrected chi connectivity index (χ2v) is 11.5. The zero-order valence-corrected chi connectivity index (χ0v) is 22.1. The van der Waals surface area contributed by atoms with Crippen LogP contribution in [0.25, 0.3) is 0 Å². The van der Waals surface area contributed by atoms with Crippen molar-refractivity contribution in [3.63, 3.8) is 0 Å². The lowest BCUT2D eigenvalue weighted by Crippen LogP contribution is -2.52. The number of carbonyl (C=O) groups is 2. The lowest BCUT2D eigenvalue weighted by Gasteiger charge is -2.44. The average molecular weight is 525 g/mol. The van der Waals surface area contributed by atoms with Gasteiger partial charge < -0.3 is 14.5 Å². The zero-order chi connectivity index (χ0) is 26.6. The van der Waals surface area contributed by atoms with Gasteiger partial charge in [-0.2, -0.15) is 0 Å². The fraction of sp³-hybridized carbons (Fsp3) is 0.548. The van der Waals surface area contributed by atoms with Gasteiger partial charge in [0.05, 0.1) is 12.0 Å². The first-order valence-electron chi connectivity index (χ1n) is 14.1. The molecule has 3 aliphatic rings. The molecule has 1 aliphatic carbocycles. The number of piperidine rings is 2. The molecular formula is C31H38F2N2O3. The summed E-state index contributed by atoms with van der Waals surface area (Å²) < 4.78 is 33.6. The van der Waals surface area contributed by atoms with E-state index in [0.717, 1.165) is 63.6 Å². The lowest BCUT2D eigenvalue weighted by atomic mass is 9.73. The Morgan fingerprint density at radius 1 is 0.763 bits per heavy atom. The molecule has 2 amide bonds. The highest BCUT2D eigenvalue weighted by molar-refractivity contribution is 5.89. The molecule has 0 aromatic heterocycles. The van der Waals surface area contributed by atoms with Crippen molar-refractivity contribution in [3.05, 3.63) is 65.7 Å². The fourth-order valence-corrected chi connectivity index (χ4v) is 6.59. The van der Waals surface area contributed by atoms with Gasteiger partial charge in [0.15, 0.2) is 0 Å². The number of ether oxygens (including phenoxy) is 1. The highest BCUT2D eigenvalue weighted by Crippen LogP contribution is 2.45. The minimum atomic E-state index is -0.670. The Morgan fingerprint density at radius 3 is 2.11 bits per heavy atom. The number of amides is 2. The topological polar surface area (TPSA) is 49.9 Å². The van der Waals surface area contributed by atoms with Gasteiger partial charge in [-0.3, -0.25) is 9.59 Å². The van der Waals surface area contributed by atoms with E-state index in [1.54, 1.807) is 18.2 Å². The van der Waals surface area contributed by atoms with Gasteiger partial charge in [-0.1, -0.05) is 25.0 Å². The lowest BCUT2D eigenvalue weighted by molar-refractivity contribution is -0.142. The Balaban J connectivity index is 1.31. The summed E-state index contributed by atoms with van der Waals surface area (Å²) in [6.07, 6.45) is 8.29. The van der Waals surface area contributed by atoms with Crippen molar-refractivity contribution < 1.29 is 23.1 Å². The Hall–Kier alpha value is -2.96. The number of hydrogen-bond acceptors (Lipinski definition) is 3. The van der Waals surface area contributed by atoms with E-state index in [1.807, 2.05) is 15.9 Å². The first kappa shape index (κ1) is 26.6. The molecule has 2 heterocycles. The van der Waals surface area contributed by atoms with Gasteiger partial charge >= 0.3 is 0 Å². The van der Waals surface area contributed by atoms with Gasteiger partial charge in [-0.15, -0.1) is 0 Å². The molecule has 38 heavy (non-hydrogen) atoms. The molecule has 5 rings (SSSR count). The highest BCUT2D eigenvalue weighted by atomic mass is 19.1. The Labute approximate surface area is 224 Å². The van der Waals surface area contributed by atoms with Crippen molar-refractivity contribution in [1.82, 2.24) is 9.80 Å². The third kappa shape index (κ3) is 5.71. The van der Waals surface area contributed by atoms with Gasteiger partial charge in [-0.05, 0) is 86.9 Å². The van der Waals surface area contributed by atoms with Crippen LogP contribution in [0, 0.1) is 17.0 Å². The molecule has 5 nitrogen and oxygen atoms in total. The number of likely N-dealkylation sites (tertiary alicyclic amines) is 2. The summed E-state index contributed by atoms with van der Waals surface area (Å²) in [5, 5.41) is 0. The van der Waals surface area contributed by atoms with Crippen LogP contribution in [0.5, 0.6) is 5.75 Å². The molecule has 0 unspecified atom stereocenters.